The third-order valence-corrected chi connectivity index (χ3v) is 8.59. The van der Waals surface area contributed by atoms with Crippen LogP contribution in [0.15, 0.2) is 93.1 Å². The van der Waals surface area contributed by atoms with Crippen molar-refractivity contribution in [3.8, 4) is 11.5 Å². The van der Waals surface area contributed by atoms with Gasteiger partial charge < -0.3 is 9.47 Å². The molecule has 0 fully saturated rings. The molecule has 0 radical (unpaired) electrons. The number of halogens is 1. The standard InChI is InChI=1S/C24H21BrN2O6S2/c1-32-16-7-11-18(12-8-16)34(28,29)26-23-15-22(25)24(21-6-4-3-5-20(21)23)27-35(30,31)19-13-9-17(33-2)10-14-19/h3-15,26-27H,1-2H3. The zero-order chi connectivity index (χ0) is 25.2. The summed E-state index contributed by atoms with van der Waals surface area (Å²) in [7, 11) is -4.87. The van der Waals surface area contributed by atoms with Crippen LogP contribution in [-0.2, 0) is 20.0 Å². The van der Waals surface area contributed by atoms with Gasteiger partial charge in [-0.1, -0.05) is 24.3 Å². The fraction of sp³-hybridized carbons (Fsp3) is 0.0833. The average molecular weight is 577 g/mol. The summed E-state index contributed by atoms with van der Waals surface area (Å²) in [6.45, 7) is 0. The van der Waals surface area contributed by atoms with Gasteiger partial charge in [-0.2, -0.15) is 0 Å². The molecular formula is C24H21BrN2O6S2. The largest absolute Gasteiger partial charge is 0.497 e. The minimum absolute atomic E-state index is 0.0542. The Bertz CT molecular complexity index is 1590. The normalized spacial score (nSPS) is 11.7. The average Bonchev–Trinajstić information content (AvgIpc) is 2.86. The molecule has 182 valence electrons. The predicted octanol–water partition coefficient (Wildman–Crippen LogP) is 5.22. The van der Waals surface area contributed by atoms with Gasteiger partial charge in [-0.3, -0.25) is 9.44 Å². The van der Waals surface area contributed by atoms with Crippen molar-refractivity contribution in [1.82, 2.24) is 0 Å². The highest BCUT2D eigenvalue weighted by molar-refractivity contribution is 9.10. The summed E-state index contributed by atoms with van der Waals surface area (Å²) in [6, 6.07) is 20.4. The van der Waals surface area contributed by atoms with Gasteiger partial charge in [-0.25, -0.2) is 16.8 Å². The Labute approximate surface area is 212 Å². The Hall–Kier alpha value is -3.28. The first kappa shape index (κ1) is 24.8. The van der Waals surface area contributed by atoms with Gasteiger partial charge in [0.05, 0.1) is 35.4 Å². The Balaban J connectivity index is 1.74. The molecule has 0 amide bonds. The molecule has 0 heterocycles. The number of nitrogens with one attached hydrogen (secondary N) is 2. The second-order valence-corrected chi connectivity index (χ2v) is 11.6. The molecule has 0 aliphatic heterocycles. The highest BCUT2D eigenvalue weighted by Gasteiger charge is 2.21. The van der Waals surface area contributed by atoms with Crippen LogP contribution in [0.25, 0.3) is 10.8 Å². The van der Waals surface area contributed by atoms with Crippen molar-refractivity contribution in [2.45, 2.75) is 9.79 Å². The maximum Gasteiger partial charge on any atom is 0.261 e. The molecule has 4 aromatic rings. The van der Waals surface area contributed by atoms with E-state index >= 15 is 0 Å². The molecule has 8 nitrogen and oxygen atoms in total. The van der Waals surface area contributed by atoms with Crippen molar-refractivity contribution in [3.05, 3.63) is 83.3 Å². The molecule has 0 saturated heterocycles. The van der Waals surface area contributed by atoms with E-state index in [1.165, 1.54) is 44.6 Å². The molecule has 0 spiro atoms. The van der Waals surface area contributed by atoms with Gasteiger partial charge in [0.25, 0.3) is 20.0 Å². The molecule has 4 aromatic carbocycles. The third kappa shape index (κ3) is 5.21. The van der Waals surface area contributed by atoms with E-state index in [0.717, 1.165) is 0 Å². The molecule has 2 N–H and O–H groups in total. The number of sulfonamides is 2. The van der Waals surface area contributed by atoms with Crippen molar-refractivity contribution < 1.29 is 26.3 Å². The van der Waals surface area contributed by atoms with Gasteiger partial charge in [0, 0.05) is 15.2 Å². The lowest BCUT2D eigenvalue weighted by atomic mass is 10.1. The van der Waals surface area contributed by atoms with E-state index in [1.807, 2.05) is 0 Å². The van der Waals surface area contributed by atoms with Crippen LogP contribution in [0.1, 0.15) is 0 Å². The molecule has 0 aliphatic rings. The molecule has 0 aromatic heterocycles. The predicted molar refractivity (Wildman–Crippen MR) is 139 cm³/mol. The quantitative estimate of drug-likeness (QED) is 0.297. The second kappa shape index (κ2) is 9.76. The molecule has 0 aliphatic carbocycles. The number of hydrogen-bond acceptors (Lipinski definition) is 6. The Kier molecular flexibility index (Phi) is 6.93. The zero-order valence-corrected chi connectivity index (χ0v) is 21.9. The topological polar surface area (TPSA) is 111 Å². The minimum Gasteiger partial charge on any atom is -0.497 e. The number of anilines is 2. The van der Waals surface area contributed by atoms with Crippen molar-refractivity contribution in [3.63, 3.8) is 0 Å². The first-order valence-electron chi connectivity index (χ1n) is 10.2. The van der Waals surface area contributed by atoms with Crippen molar-refractivity contribution >= 4 is 58.1 Å². The molecule has 0 bridgehead atoms. The van der Waals surface area contributed by atoms with Crippen LogP contribution < -0.4 is 18.9 Å². The number of fused-ring (bicyclic) bond motifs is 1. The molecule has 11 heteroatoms. The van der Waals surface area contributed by atoms with E-state index in [0.29, 0.717) is 26.7 Å². The number of hydrogen-bond donors (Lipinski definition) is 2. The number of benzene rings is 4. The van der Waals surface area contributed by atoms with E-state index in [4.69, 9.17) is 9.47 Å². The van der Waals surface area contributed by atoms with Crippen LogP contribution in [0, 0.1) is 0 Å². The molecule has 4 rings (SSSR count). The van der Waals surface area contributed by atoms with Crippen molar-refractivity contribution in [1.29, 1.82) is 0 Å². The van der Waals surface area contributed by atoms with Gasteiger partial charge in [0.2, 0.25) is 0 Å². The summed E-state index contributed by atoms with van der Waals surface area (Å²) in [5.41, 5.74) is 0.569. The van der Waals surface area contributed by atoms with E-state index in [2.05, 4.69) is 25.4 Å². The zero-order valence-electron chi connectivity index (χ0n) is 18.6. The summed E-state index contributed by atoms with van der Waals surface area (Å²) in [4.78, 5) is 0.112. The third-order valence-electron chi connectivity index (χ3n) is 5.22. The van der Waals surface area contributed by atoms with E-state index in [-0.39, 0.29) is 21.2 Å². The van der Waals surface area contributed by atoms with E-state index in [1.54, 1.807) is 48.5 Å². The second-order valence-electron chi connectivity index (χ2n) is 7.39. The lowest BCUT2D eigenvalue weighted by Crippen LogP contribution is -2.15. The van der Waals surface area contributed by atoms with Gasteiger partial charge in [-0.15, -0.1) is 0 Å². The van der Waals surface area contributed by atoms with Crippen molar-refractivity contribution in [2.75, 3.05) is 23.7 Å². The molecule has 0 atom stereocenters. The van der Waals surface area contributed by atoms with Crippen LogP contribution in [0.5, 0.6) is 11.5 Å². The lowest BCUT2D eigenvalue weighted by Gasteiger charge is -2.17. The Morgan fingerprint density at radius 3 is 1.60 bits per heavy atom. The molecular weight excluding hydrogens is 556 g/mol. The minimum atomic E-state index is -3.94. The first-order chi connectivity index (χ1) is 16.6. The number of rotatable bonds is 8. The van der Waals surface area contributed by atoms with Crippen LogP contribution in [0.3, 0.4) is 0 Å². The van der Waals surface area contributed by atoms with Crippen LogP contribution >= 0.6 is 15.9 Å². The number of ether oxygens (including phenoxy) is 2. The first-order valence-corrected chi connectivity index (χ1v) is 14.0. The van der Waals surface area contributed by atoms with Crippen molar-refractivity contribution in [2.24, 2.45) is 0 Å². The lowest BCUT2D eigenvalue weighted by molar-refractivity contribution is 0.414. The summed E-state index contributed by atoms with van der Waals surface area (Å²) >= 11 is 3.40. The Morgan fingerprint density at radius 1 is 0.657 bits per heavy atom. The van der Waals surface area contributed by atoms with Crippen LogP contribution in [0.2, 0.25) is 0 Å². The van der Waals surface area contributed by atoms with Crippen LogP contribution in [0.4, 0.5) is 11.4 Å². The Morgan fingerprint density at radius 2 is 1.11 bits per heavy atom. The monoisotopic (exact) mass is 576 g/mol. The maximum atomic E-state index is 13.1. The molecule has 0 unspecified atom stereocenters. The maximum absolute atomic E-state index is 13.1. The van der Waals surface area contributed by atoms with E-state index in [9.17, 15) is 16.8 Å². The summed E-state index contributed by atoms with van der Waals surface area (Å²) in [5, 5.41) is 1.02. The van der Waals surface area contributed by atoms with Gasteiger partial charge in [0.1, 0.15) is 11.5 Å². The van der Waals surface area contributed by atoms with Gasteiger partial charge >= 0.3 is 0 Å². The highest BCUT2D eigenvalue weighted by atomic mass is 79.9. The van der Waals surface area contributed by atoms with Gasteiger partial charge in [-0.05, 0) is 70.5 Å². The number of methoxy groups -OCH3 is 2. The smallest absolute Gasteiger partial charge is 0.261 e. The van der Waals surface area contributed by atoms with Gasteiger partial charge in [0.15, 0.2) is 0 Å². The van der Waals surface area contributed by atoms with Crippen LogP contribution in [-0.4, -0.2) is 31.1 Å². The SMILES string of the molecule is COc1ccc(S(=O)(=O)Nc2cc(Br)c(NS(=O)(=O)c3ccc(OC)cc3)c3ccccc23)cc1. The molecule has 0 saturated carbocycles. The summed E-state index contributed by atoms with van der Waals surface area (Å²) in [5.74, 6) is 1.06. The fourth-order valence-corrected chi connectivity index (χ4v) is 6.28. The van der Waals surface area contributed by atoms with E-state index < -0.39 is 20.0 Å². The summed E-state index contributed by atoms with van der Waals surface area (Å²) in [6.07, 6.45) is 0. The summed E-state index contributed by atoms with van der Waals surface area (Å²) < 4.78 is 67.9. The highest BCUT2D eigenvalue weighted by Crippen LogP contribution is 2.39. The fourth-order valence-electron chi connectivity index (χ4n) is 3.44. The molecule has 35 heavy (non-hydrogen) atoms.